The van der Waals surface area contributed by atoms with Crippen LogP contribution in [0.25, 0.3) is 87.6 Å². The van der Waals surface area contributed by atoms with Gasteiger partial charge in [-0.05, 0) is 119 Å². The normalized spacial score (nSPS) is 12.2. The topological polar surface area (TPSA) is 9.23 Å². The van der Waals surface area contributed by atoms with Crippen LogP contribution in [0.4, 0.5) is 0 Å². The van der Waals surface area contributed by atoms with Gasteiger partial charge in [-0.2, -0.15) is 0 Å². The Hall–Kier alpha value is -5.92. The third-order valence-electron chi connectivity index (χ3n) is 9.55. The van der Waals surface area contributed by atoms with Crippen molar-refractivity contribution >= 4 is 43.1 Å². The molecule has 0 aliphatic carbocycles. The first kappa shape index (κ1) is 24.5. The zero-order valence-corrected chi connectivity index (χ0v) is 24.4. The van der Waals surface area contributed by atoms with Gasteiger partial charge < -0.3 is 4.74 Å². The summed E-state index contributed by atoms with van der Waals surface area (Å²) in [5.41, 5.74) is 9.64. The minimum Gasteiger partial charge on any atom is -0.456 e. The first-order chi connectivity index (χ1) is 22.3. The number of ether oxygens (including phenoxy) is 1. The Kier molecular flexibility index (Phi) is 5.06. The van der Waals surface area contributed by atoms with Crippen molar-refractivity contribution in [1.82, 2.24) is 0 Å². The van der Waals surface area contributed by atoms with Gasteiger partial charge in [-0.1, -0.05) is 115 Å². The van der Waals surface area contributed by atoms with Crippen LogP contribution in [0.3, 0.4) is 0 Å². The highest BCUT2D eigenvalue weighted by atomic mass is 16.5. The second kappa shape index (κ2) is 9.29. The molecule has 0 fully saturated rings. The van der Waals surface area contributed by atoms with Crippen LogP contribution >= 0.6 is 0 Å². The summed E-state index contributed by atoms with van der Waals surface area (Å²) in [5.74, 6) is 1.82. The maximum atomic E-state index is 6.34. The molecule has 0 aromatic heterocycles. The van der Waals surface area contributed by atoms with Gasteiger partial charge in [0.05, 0.1) is 0 Å². The Labute approximate surface area is 260 Å². The maximum Gasteiger partial charge on any atom is 0.135 e. The highest BCUT2D eigenvalue weighted by Crippen LogP contribution is 2.48. The second-order valence-corrected chi connectivity index (χ2v) is 12.1. The zero-order chi connectivity index (χ0) is 29.5. The van der Waals surface area contributed by atoms with Gasteiger partial charge in [0.15, 0.2) is 0 Å². The summed E-state index contributed by atoms with van der Waals surface area (Å²) < 4.78 is 6.34. The molecule has 10 rings (SSSR count). The highest BCUT2D eigenvalue weighted by molar-refractivity contribution is 6.25. The van der Waals surface area contributed by atoms with Crippen molar-refractivity contribution in [3.05, 3.63) is 158 Å². The predicted molar refractivity (Wildman–Crippen MR) is 189 cm³/mol. The van der Waals surface area contributed by atoms with Crippen LogP contribution in [0.5, 0.6) is 11.5 Å². The molecule has 0 atom stereocenters. The Balaban J connectivity index is 1.26. The van der Waals surface area contributed by atoms with Crippen molar-refractivity contribution < 1.29 is 4.74 Å². The van der Waals surface area contributed by atoms with Gasteiger partial charge in [0, 0.05) is 10.9 Å². The molecule has 0 spiro atoms. The second-order valence-electron chi connectivity index (χ2n) is 12.1. The van der Waals surface area contributed by atoms with E-state index in [1.807, 2.05) is 6.07 Å². The number of fused-ring (bicyclic) bond motifs is 2. The zero-order valence-electron chi connectivity index (χ0n) is 24.4. The number of hydrogen-bond acceptors (Lipinski definition) is 1. The van der Waals surface area contributed by atoms with E-state index < -0.39 is 0 Å². The highest BCUT2D eigenvalue weighted by Gasteiger charge is 2.21. The molecule has 9 aromatic rings. The van der Waals surface area contributed by atoms with Crippen LogP contribution in [0, 0.1) is 0 Å². The molecule has 1 aliphatic heterocycles. The number of hydrogen-bond donors (Lipinski definition) is 0. The average molecular weight is 571 g/mol. The summed E-state index contributed by atoms with van der Waals surface area (Å²) in [6, 6.07) is 57.5. The van der Waals surface area contributed by atoms with Crippen LogP contribution in [-0.4, -0.2) is 0 Å². The fourth-order valence-electron chi connectivity index (χ4n) is 7.49. The Morgan fingerprint density at radius 1 is 0.289 bits per heavy atom. The molecule has 1 heterocycles. The largest absolute Gasteiger partial charge is 0.456 e. The lowest BCUT2D eigenvalue weighted by Gasteiger charge is -2.22. The van der Waals surface area contributed by atoms with E-state index in [1.165, 1.54) is 82.0 Å². The van der Waals surface area contributed by atoms with Crippen LogP contribution in [0.15, 0.2) is 158 Å². The minimum absolute atomic E-state index is 0.905. The van der Waals surface area contributed by atoms with E-state index in [0.717, 1.165) is 17.1 Å². The Morgan fingerprint density at radius 3 is 1.78 bits per heavy atom. The molecule has 45 heavy (non-hydrogen) atoms. The van der Waals surface area contributed by atoms with E-state index in [2.05, 4.69) is 152 Å². The van der Waals surface area contributed by atoms with E-state index in [1.54, 1.807) is 0 Å². The lowest BCUT2D eigenvalue weighted by molar-refractivity contribution is 0.487. The summed E-state index contributed by atoms with van der Waals surface area (Å²) in [5, 5.41) is 10.2. The summed E-state index contributed by atoms with van der Waals surface area (Å²) in [4.78, 5) is 0. The molecule has 0 saturated heterocycles. The Bertz CT molecular complexity index is 2600. The fraction of sp³-hybridized carbons (Fsp3) is 0. The summed E-state index contributed by atoms with van der Waals surface area (Å²) in [6.45, 7) is 0. The quantitative estimate of drug-likeness (QED) is 0.192. The van der Waals surface area contributed by atoms with Crippen LogP contribution in [-0.2, 0) is 0 Å². The minimum atomic E-state index is 0.905. The first-order valence-electron chi connectivity index (χ1n) is 15.5. The molecule has 1 nitrogen and oxygen atoms in total. The monoisotopic (exact) mass is 570 g/mol. The number of rotatable bonds is 3. The van der Waals surface area contributed by atoms with Gasteiger partial charge in [-0.25, -0.2) is 0 Å². The van der Waals surface area contributed by atoms with E-state index in [-0.39, 0.29) is 0 Å². The molecule has 0 N–H and O–H groups in total. The molecule has 0 saturated carbocycles. The lowest BCUT2D eigenvalue weighted by Crippen LogP contribution is -1.97. The van der Waals surface area contributed by atoms with E-state index in [4.69, 9.17) is 4.74 Å². The van der Waals surface area contributed by atoms with E-state index >= 15 is 0 Å². The van der Waals surface area contributed by atoms with Crippen LogP contribution < -0.4 is 4.74 Å². The third-order valence-corrected chi connectivity index (χ3v) is 9.55. The maximum absolute atomic E-state index is 6.34. The van der Waals surface area contributed by atoms with Crippen molar-refractivity contribution in [2.24, 2.45) is 0 Å². The van der Waals surface area contributed by atoms with Crippen LogP contribution in [0.1, 0.15) is 0 Å². The van der Waals surface area contributed by atoms with Crippen molar-refractivity contribution in [3.63, 3.8) is 0 Å². The predicted octanol–water partition coefficient (Wildman–Crippen LogP) is 12.5. The number of para-hydroxylation sites is 1. The first-order valence-corrected chi connectivity index (χ1v) is 15.5. The molecule has 0 radical (unpaired) electrons. The van der Waals surface area contributed by atoms with Gasteiger partial charge in [0.2, 0.25) is 0 Å². The van der Waals surface area contributed by atoms with Crippen molar-refractivity contribution in [2.75, 3.05) is 0 Å². The smallest absolute Gasteiger partial charge is 0.135 e. The van der Waals surface area contributed by atoms with Crippen molar-refractivity contribution in [2.45, 2.75) is 0 Å². The fourth-order valence-corrected chi connectivity index (χ4v) is 7.49. The van der Waals surface area contributed by atoms with E-state index in [0.29, 0.717) is 0 Å². The molecule has 0 bridgehead atoms. The molecular weight excluding hydrogens is 544 g/mol. The van der Waals surface area contributed by atoms with Gasteiger partial charge >= 0.3 is 0 Å². The standard InChI is InChI=1S/C44H26O/c1-2-8-27(9-3-1)32-23-33(34-22-31-12-7-15-41-43(31)39(26-34)37-13-4-5-14-40(37)45-41)25-35(24-32)36-20-18-30-17-16-28-10-6-11-29-19-21-38(36)44(30)42(28)29/h1-26H. The average Bonchev–Trinajstić information content (AvgIpc) is 3.11. The molecule has 0 amide bonds. The molecular formula is C44H26O. The lowest BCUT2D eigenvalue weighted by atomic mass is 9.86. The van der Waals surface area contributed by atoms with Gasteiger partial charge in [-0.15, -0.1) is 0 Å². The molecule has 9 aromatic carbocycles. The molecule has 208 valence electrons. The summed E-state index contributed by atoms with van der Waals surface area (Å²) in [6.07, 6.45) is 0. The van der Waals surface area contributed by atoms with Gasteiger partial charge in [-0.3, -0.25) is 0 Å². The molecule has 1 aliphatic rings. The van der Waals surface area contributed by atoms with Crippen LogP contribution in [0.2, 0.25) is 0 Å². The van der Waals surface area contributed by atoms with Gasteiger partial charge in [0.25, 0.3) is 0 Å². The summed E-state index contributed by atoms with van der Waals surface area (Å²) in [7, 11) is 0. The van der Waals surface area contributed by atoms with Crippen molar-refractivity contribution in [3.8, 4) is 56.0 Å². The van der Waals surface area contributed by atoms with Gasteiger partial charge in [0.1, 0.15) is 11.5 Å². The number of benzene rings is 9. The SMILES string of the molecule is c1ccc(-c2cc(-c3cc4c5c(cccc5c3)Oc3ccccc3-4)cc(-c3ccc4ccc5cccc6ccc3c4c56)c2)cc1. The third kappa shape index (κ3) is 3.68. The van der Waals surface area contributed by atoms with Crippen molar-refractivity contribution in [1.29, 1.82) is 0 Å². The summed E-state index contributed by atoms with van der Waals surface area (Å²) >= 11 is 0. The molecule has 0 unspecified atom stereocenters. The molecule has 1 heteroatoms. The Morgan fingerprint density at radius 2 is 0.911 bits per heavy atom. The van der Waals surface area contributed by atoms with E-state index in [9.17, 15) is 0 Å².